The first-order chi connectivity index (χ1) is 7.68. The molecule has 0 aliphatic carbocycles. The molecule has 1 aliphatic heterocycles. The highest BCUT2D eigenvalue weighted by Crippen LogP contribution is 2.22. The van der Waals surface area contributed by atoms with E-state index in [1.807, 2.05) is 4.90 Å². The molecule has 0 saturated carbocycles. The molecule has 1 atom stereocenters. The maximum Gasteiger partial charge on any atom is 0.240 e. The van der Waals surface area contributed by atoms with Gasteiger partial charge in [-0.15, -0.1) is 10.2 Å². The van der Waals surface area contributed by atoms with Gasteiger partial charge in [0.1, 0.15) is 6.04 Å². The number of rotatable bonds is 2. The van der Waals surface area contributed by atoms with Crippen molar-refractivity contribution in [3.05, 3.63) is 17.3 Å². The summed E-state index contributed by atoms with van der Waals surface area (Å²) < 4.78 is 0. The van der Waals surface area contributed by atoms with Crippen LogP contribution in [-0.2, 0) is 4.79 Å². The van der Waals surface area contributed by atoms with Gasteiger partial charge in [0.05, 0.1) is 0 Å². The van der Waals surface area contributed by atoms with Crippen molar-refractivity contribution in [1.29, 1.82) is 0 Å². The molecule has 16 heavy (non-hydrogen) atoms. The van der Waals surface area contributed by atoms with Gasteiger partial charge >= 0.3 is 0 Å². The minimum absolute atomic E-state index is 0.274. The molecule has 86 valence electrons. The average Bonchev–Trinajstić information content (AvgIpc) is 2.30. The van der Waals surface area contributed by atoms with Crippen LogP contribution in [0.1, 0.15) is 19.3 Å². The van der Waals surface area contributed by atoms with Crippen molar-refractivity contribution in [2.75, 3.05) is 11.4 Å². The molecule has 2 heterocycles. The van der Waals surface area contributed by atoms with Gasteiger partial charge in [-0.25, -0.2) is 0 Å². The Hall–Kier alpha value is -1.36. The maximum absolute atomic E-state index is 11.3. The molecule has 1 fully saturated rings. The average molecular weight is 241 g/mol. The van der Waals surface area contributed by atoms with Crippen molar-refractivity contribution >= 4 is 23.3 Å². The Morgan fingerprint density at radius 3 is 2.88 bits per heavy atom. The lowest BCUT2D eigenvalue weighted by Gasteiger charge is -2.34. The number of hydrogen-bond acceptors (Lipinski definition) is 4. The highest BCUT2D eigenvalue weighted by atomic mass is 35.5. The van der Waals surface area contributed by atoms with Crippen LogP contribution < -0.4 is 10.6 Å². The zero-order valence-electron chi connectivity index (χ0n) is 8.77. The molecule has 0 aromatic carbocycles. The fraction of sp³-hybridized carbons (Fsp3) is 0.500. The standard InChI is InChI=1S/C10H13ClN4O/c11-8-4-5-9(14-13-8)15-6-2-1-3-7(15)10(12)16/h4-5,7H,1-3,6H2,(H2,12,16). The van der Waals surface area contributed by atoms with Crippen LogP contribution in [0.25, 0.3) is 0 Å². The van der Waals surface area contributed by atoms with Crippen molar-refractivity contribution < 1.29 is 4.79 Å². The van der Waals surface area contributed by atoms with Crippen molar-refractivity contribution in [1.82, 2.24) is 10.2 Å². The highest BCUT2D eigenvalue weighted by Gasteiger charge is 2.27. The first-order valence-electron chi connectivity index (χ1n) is 5.23. The molecule has 1 unspecified atom stereocenters. The Bertz CT molecular complexity index is 381. The smallest absolute Gasteiger partial charge is 0.240 e. The molecular formula is C10H13ClN4O. The summed E-state index contributed by atoms with van der Waals surface area (Å²) in [6.07, 6.45) is 2.83. The Labute approximate surface area is 98.6 Å². The van der Waals surface area contributed by atoms with E-state index in [9.17, 15) is 4.79 Å². The number of halogens is 1. The van der Waals surface area contributed by atoms with Crippen molar-refractivity contribution in [3.63, 3.8) is 0 Å². The molecule has 2 rings (SSSR count). The van der Waals surface area contributed by atoms with E-state index in [0.29, 0.717) is 11.0 Å². The zero-order chi connectivity index (χ0) is 11.5. The third-order valence-corrected chi connectivity index (χ3v) is 2.94. The number of primary amides is 1. The second-order valence-electron chi connectivity index (χ2n) is 3.82. The Morgan fingerprint density at radius 2 is 2.25 bits per heavy atom. The number of carbonyl (C=O) groups excluding carboxylic acids is 1. The molecule has 5 nitrogen and oxygen atoms in total. The van der Waals surface area contributed by atoms with E-state index in [1.165, 1.54) is 0 Å². The van der Waals surface area contributed by atoms with E-state index in [2.05, 4.69) is 10.2 Å². The predicted molar refractivity (Wildman–Crippen MR) is 61.2 cm³/mol. The summed E-state index contributed by atoms with van der Waals surface area (Å²) in [6, 6.07) is 3.15. The molecule has 1 aliphatic rings. The first-order valence-corrected chi connectivity index (χ1v) is 5.61. The molecule has 1 aromatic heterocycles. The second kappa shape index (κ2) is 4.65. The van der Waals surface area contributed by atoms with Gasteiger partial charge in [0.15, 0.2) is 11.0 Å². The molecule has 0 bridgehead atoms. The van der Waals surface area contributed by atoms with Gasteiger partial charge in [-0.1, -0.05) is 11.6 Å². The van der Waals surface area contributed by atoms with Gasteiger partial charge in [0.2, 0.25) is 5.91 Å². The minimum Gasteiger partial charge on any atom is -0.368 e. The number of nitrogens with zero attached hydrogens (tertiary/aromatic N) is 3. The molecule has 2 N–H and O–H groups in total. The topological polar surface area (TPSA) is 72.1 Å². The van der Waals surface area contributed by atoms with Gasteiger partial charge in [0, 0.05) is 6.54 Å². The zero-order valence-corrected chi connectivity index (χ0v) is 9.52. The summed E-state index contributed by atoms with van der Waals surface area (Å²) in [5.41, 5.74) is 5.37. The summed E-state index contributed by atoms with van der Waals surface area (Å²) in [6.45, 7) is 0.782. The van der Waals surface area contributed by atoms with E-state index in [0.717, 1.165) is 25.8 Å². The summed E-state index contributed by atoms with van der Waals surface area (Å²) in [4.78, 5) is 13.2. The van der Waals surface area contributed by atoms with Crippen LogP contribution >= 0.6 is 11.6 Å². The highest BCUT2D eigenvalue weighted by molar-refractivity contribution is 6.29. The van der Waals surface area contributed by atoms with Gasteiger partial charge in [-0.3, -0.25) is 4.79 Å². The molecule has 1 aromatic rings. The molecule has 1 amide bonds. The van der Waals surface area contributed by atoms with Crippen LogP contribution in [0, 0.1) is 0 Å². The lowest BCUT2D eigenvalue weighted by atomic mass is 10.0. The number of hydrogen-bond donors (Lipinski definition) is 1. The van der Waals surface area contributed by atoms with Crippen LogP contribution in [0.2, 0.25) is 5.15 Å². The third kappa shape index (κ3) is 2.24. The Morgan fingerprint density at radius 1 is 1.44 bits per heavy atom. The van der Waals surface area contributed by atoms with E-state index in [1.54, 1.807) is 12.1 Å². The minimum atomic E-state index is -0.309. The quantitative estimate of drug-likeness (QED) is 0.836. The summed E-state index contributed by atoms with van der Waals surface area (Å²) in [7, 11) is 0. The number of carbonyl (C=O) groups is 1. The predicted octanol–water partition coefficient (Wildman–Crippen LogP) is 0.974. The van der Waals surface area contributed by atoms with Crippen LogP contribution in [0.15, 0.2) is 12.1 Å². The van der Waals surface area contributed by atoms with Crippen molar-refractivity contribution in [2.24, 2.45) is 5.73 Å². The Kier molecular flexibility index (Phi) is 3.24. The third-order valence-electron chi connectivity index (χ3n) is 2.74. The van der Waals surface area contributed by atoms with Crippen LogP contribution in [0.5, 0.6) is 0 Å². The molecule has 0 radical (unpaired) electrons. The molecule has 1 saturated heterocycles. The van der Waals surface area contributed by atoms with Gasteiger partial charge in [-0.2, -0.15) is 0 Å². The van der Waals surface area contributed by atoms with Crippen molar-refractivity contribution in [3.8, 4) is 0 Å². The van der Waals surface area contributed by atoms with Crippen molar-refractivity contribution in [2.45, 2.75) is 25.3 Å². The first kappa shape index (κ1) is 11.1. The monoisotopic (exact) mass is 240 g/mol. The van der Waals surface area contributed by atoms with E-state index >= 15 is 0 Å². The number of nitrogens with two attached hydrogens (primary N) is 1. The molecule has 0 spiro atoms. The second-order valence-corrected chi connectivity index (χ2v) is 4.21. The van der Waals surface area contributed by atoms with Gasteiger partial charge < -0.3 is 10.6 Å². The number of piperidine rings is 1. The number of amides is 1. The summed E-state index contributed by atoms with van der Waals surface area (Å²) >= 11 is 5.67. The van der Waals surface area contributed by atoms with E-state index in [4.69, 9.17) is 17.3 Å². The van der Waals surface area contributed by atoms with E-state index in [-0.39, 0.29) is 11.9 Å². The maximum atomic E-state index is 11.3. The fourth-order valence-electron chi connectivity index (χ4n) is 1.96. The SMILES string of the molecule is NC(=O)C1CCCCN1c1ccc(Cl)nn1. The fourth-order valence-corrected chi connectivity index (χ4v) is 2.06. The summed E-state index contributed by atoms with van der Waals surface area (Å²) in [5, 5.41) is 8.08. The van der Waals surface area contributed by atoms with Crippen LogP contribution in [0.3, 0.4) is 0 Å². The van der Waals surface area contributed by atoms with Gasteiger partial charge in [0.25, 0.3) is 0 Å². The number of aromatic nitrogens is 2. The van der Waals surface area contributed by atoms with Gasteiger partial charge in [-0.05, 0) is 31.4 Å². The van der Waals surface area contributed by atoms with E-state index < -0.39 is 0 Å². The lowest BCUT2D eigenvalue weighted by molar-refractivity contribution is -0.119. The summed E-state index contributed by atoms with van der Waals surface area (Å²) in [5.74, 6) is 0.351. The Balaban J connectivity index is 2.23. The normalized spacial score (nSPS) is 20.8. The molecule has 6 heteroatoms. The lowest BCUT2D eigenvalue weighted by Crippen LogP contribution is -2.48. The van der Waals surface area contributed by atoms with Crippen LogP contribution in [-0.4, -0.2) is 28.7 Å². The van der Waals surface area contributed by atoms with Crippen LogP contribution in [0.4, 0.5) is 5.82 Å². The number of anilines is 1. The largest absolute Gasteiger partial charge is 0.368 e. The molecular weight excluding hydrogens is 228 g/mol.